The molecule has 0 bridgehead atoms. The molecule has 0 aliphatic carbocycles. The number of carbonyl (C=O) groups excluding carboxylic acids is 1. The van der Waals surface area contributed by atoms with Gasteiger partial charge in [0.15, 0.2) is 0 Å². The molecule has 0 rings (SSSR count). The first-order chi connectivity index (χ1) is 23.0. The summed E-state index contributed by atoms with van der Waals surface area (Å²) >= 11 is 0. The summed E-state index contributed by atoms with van der Waals surface area (Å²) in [7, 11) is 1.61. The molecule has 3 unspecified atom stereocenters. The average molecular weight is 704 g/mol. The molecule has 0 saturated carbocycles. The third-order valence-corrected chi connectivity index (χ3v) is 10.00. The number of likely N-dealkylation sites (N-methyl/N-ethyl adjacent to an activating group) is 1. The van der Waals surface area contributed by atoms with Crippen LogP contribution in [0.1, 0.15) is 181 Å². The van der Waals surface area contributed by atoms with Crippen molar-refractivity contribution >= 4 is 13.7 Å². The SMILES string of the molecule is CCCCCCCCCC/C=C\CCCCCCCCCCCCCC(=O)NC(COP(=O)(O)OCC[N+](C)(C)C)C(O)CCCCC. The summed E-state index contributed by atoms with van der Waals surface area (Å²) in [6, 6.07) is -0.752. The molecule has 0 aromatic carbocycles. The number of nitrogens with zero attached hydrogens (tertiary/aromatic N) is 1. The van der Waals surface area contributed by atoms with Crippen molar-refractivity contribution in [1.82, 2.24) is 5.32 Å². The summed E-state index contributed by atoms with van der Waals surface area (Å²) in [6.07, 6.45) is 34.7. The van der Waals surface area contributed by atoms with Crippen molar-refractivity contribution in [3.05, 3.63) is 12.2 Å². The maximum Gasteiger partial charge on any atom is 0.472 e. The van der Waals surface area contributed by atoms with Gasteiger partial charge < -0.3 is 19.8 Å². The minimum Gasteiger partial charge on any atom is -0.391 e. The third kappa shape index (κ3) is 33.7. The van der Waals surface area contributed by atoms with Gasteiger partial charge in [-0.1, -0.05) is 148 Å². The van der Waals surface area contributed by atoms with Gasteiger partial charge in [-0.2, -0.15) is 0 Å². The Morgan fingerprint density at radius 2 is 1.12 bits per heavy atom. The molecule has 1 amide bonds. The van der Waals surface area contributed by atoms with Crippen molar-refractivity contribution < 1.29 is 32.9 Å². The van der Waals surface area contributed by atoms with Crippen LogP contribution in [-0.4, -0.2) is 73.4 Å². The maximum absolute atomic E-state index is 12.7. The molecule has 0 saturated heterocycles. The van der Waals surface area contributed by atoms with Crippen LogP contribution in [0.2, 0.25) is 0 Å². The Bertz CT molecular complexity index is 804. The molecule has 0 aliphatic rings. The highest BCUT2D eigenvalue weighted by atomic mass is 31.2. The number of carbonyl (C=O) groups is 1. The Balaban J connectivity index is 3.92. The second-order valence-corrected chi connectivity index (χ2v) is 16.5. The Kier molecular flexibility index (Phi) is 31.7. The number of hydrogen-bond donors (Lipinski definition) is 3. The monoisotopic (exact) mass is 704 g/mol. The summed E-state index contributed by atoms with van der Waals surface area (Å²) < 4.78 is 23.2. The number of amides is 1. The minimum absolute atomic E-state index is 0.0743. The molecule has 3 atom stereocenters. The normalized spacial score (nSPS) is 14.7. The molecule has 0 heterocycles. The first-order valence-electron chi connectivity index (χ1n) is 20.1. The number of unbranched alkanes of at least 4 members (excludes halogenated alkanes) is 21. The summed E-state index contributed by atoms with van der Waals surface area (Å²) in [4.78, 5) is 22.8. The van der Waals surface area contributed by atoms with Gasteiger partial charge >= 0.3 is 7.82 Å². The molecule has 0 radical (unpaired) electrons. The Morgan fingerprint density at radius 3 is 1.60 bits per heavy atom. The zero-order valence-electron chi connectivity index (χ0n) is 32.2. The lowest BCUT2D eigenvalue weighted by atomic mass is 10.0. The molecule has 0 aromatic heterocycles. The van der Waals surface area contributed by atoms with Crippen LogP contribution in [-0.2, 0) is 18.4 Å². The third-order valence-electron chi connectivity index (χ3n) is 9.01. The number of rotatable bonds is 36. The topological polar surface area (TPSA) is 105 Å². The zero-order chi connectivity index (χ0) is 35.8. The van der Waals surface area contributed by atoms with E-state index in [9.17, 15) is 19.4 Å². The molecule has 9 heteroatoms. The van der Waals surface area contributed by atoms with Crippen LogP contribution in [0.4, 0.5) is 0 Å². The van der Waals surface area contributed by atoms with Gasteiger partial charge in [0, 0.05) is 6.42 Å². The maximum atomic E-state index is 12.7. The Hall–Kier alpha value is -0.760. The van der Waals surface area contributed by atoms with E-state index in [1.165, 1.54) is 116 Å². The van der Waals surface area contributed by atoms with Crippen molar-refractivity contribution in [3.63, 3.8) is 0 Å². The van der Waals surface area contributed by atoms with E-state index in [0.717, 1.165) is 38.5 Å². The van der Waals surface area contributed by atoms with E-state index in [1.807, 2.05) is 21.1 Å². The van der Waals surface area contributed by atoms with Crippen molar-refractivity contribution in [1.29, 1.82) is 0 Å². The van der Waals surface area contributed by atoms with Crippen molar-refractivity contribution in [2.75, 3.05) is 40.9 Å². The van der Waals surface area contributed by atoms with Gasteiger partial charge in [-0.05, 0) is 38.5 Å². The predicted molar refractivity (Wildman–Crippen MR) is 203 cm³/mol. The lowest BCUT2D eigenvalue weighted by molar-refractivity contribution is -0.870. The van der Waals surface area contributed by atoms with Gasteiger partial charge in [-0.25, -0.2) is 4.57 Å². The fraction of sp³-hybridized carbons (Fsp3) is 0.923. The highest BCUT2D eigenvalue weighted by molar-refractivity contribution is 7.47. The smallest absolute Gasteiger partial charge is 0.391 e. The first-order valence-corrected chi connectivity index (χ1v) is 21.5. The lowest BCUT2D eigenvalue weighted by Gasteiger charge is -2.26. The number of nitrogens with one attached hydrogen (secondary N) is 1. The minimum atomic E-state index is -4.28. The van der Waals surface area contributed by atoms with E-state index in [0.29, 0.717) is 23.9 Å². The van der Waals surface area contributed by atoms with Gasteiger partial charge in [0.2, 0.25) is 5.91 Å². The van der Waals surface area contributed by atoms with Gasteiger partial charge in [0.05, 0.1) is 39.9 Å². The van der Waals surface area contributed by atoms with E-state index in [2.05, 4.69) is 31.3 Å². The van der Waals surface area contributed by atoms with Gasteiger partial charge in [-0.15, -0.1) is 0 Å². The van der Waals surface area contributed by atoms with Crippen molar-refractivity contribution in [2.45, 2.75) is 193 Å². The molecule has 0 aromatic rings. The van der Waals surface area contributed by atoms with Crippen LogP contribution in [0.3, 0.4) is 0 Å². The molecular weight excluding hydrogens is 623 g/mol. The quantitative estimate of drug-likeness (QED) is 0.0260. The van der Waals surface area contributed by atoms with Crippen molar-refractivity contribution in [2.24, 2.45) is 0 Å². The summed E-state index contributed by atoms with van der Waals surface area (Å²) in [5.41, 5.74) is 0. The second kappa shape index (κ2) is 32.2. The van der Waals surface area contributed by atoms with E-state index < -0.39 is 20.0 Å². The van der Waals surface area contributed by atoms with Crippen LogP contribution in [0.25, 0.3) is 0 Å². The standard InChI is InChI=1S/C39H79N2O6P/c1-6-8-10-11-12-13-14-15-16-17-18-19-20-21-22-23-24-25-26-27-28-29-31-33-39(43)40-37(38(42)32-30-9-7-2)36-47-48(44,45)46-35-34-41(3,4)5/h17-18,37-38,42H,6-16,19-36H2,1-5H3,(H-,40,43,44,45)/p+1/b18-17-. The van der Waals surface area contributed by atoms with Crippen LogP contribution >= 0.6 is 7.82 Å². The molecule has 0 aliphatic heterocycles. The van der Waals surface area contributed by atoms with Crippen molar-refractivity contribution in [3.8, 4) is 0 Å². The molecule has 8 nitrogen and oxygen atoms in total. The molecule has 3 N–H and O–H groups in total. The molecule has 0 fully saturated rings. The predicted octanol–water partition coefficient (Wildman–Crippen LogP) is 10.4. The van der Waals surface area contributed by atoms with Crippen LogP contribution in [0.15, 0.2) is 12.2 Å². The molecule has 48 heavy (non-hydrogen) atoms. The number of aliphatic hydroxyl groups is 1. The van der Waals surface area contributed by atoms with E-state index in [-0.39, 0.29) is 19.1 Å². The number of hydrogen-bond acceptors (Lipinski definition) is 5. The highest BCUT2D eigenvalue weighted by Crippen LogP contribution is 2.43. The largest absolute Gasteiger partial charge is 0.472 e. The molecule has 286 valence electrons. The van der Waals surface area contributed by atoms with Crippen LogP contribution in [0.5, 0.6) is 0 Å². The zero-order valence-corrected chi connectivity index (χ0v) is 33.1. The highest BCUT2D eigenvalue weighted by Gasteiger charge is 2.28. The summed E-state index contributed by atoms with van der Waals surface area (Å²) in [5.74, 6) is -0.157. The number of aliphatic hydroxyl groups excluding tert-OH is 1. The summed E-state index contributed by atoms with van der Waals surface area (Å²) in [6.45, 7) is 4.72. The fourth-order valence-corrected chi connectivity index (χ4v) is 6.48. The van der Waals surface area contributed by atoms with E-state index >= 15 is 0 Å². The lowest BCUT2D eigenvalue weighted by Crippen LogP contribution is -2.46. The first kappa shape index (κ1) is 47.2. The van der Waals surface area contributed by atoms with Gasteiger partial charge in [0.1, 0.15) is 13.2 Å². The number of phosphoric acid groups is 1. The number of phosphoric ester groups is 1. The molecular formula is C39H80N2O6P+. The van der Waals surface area contributed by atoms with E-state index in [1.54, 1.807) is 0 Å². The van der Waals surface area contributed by atoms with Crippen LogP contribution < -0.4 is 5.32 Å². The average Bonchev–Trinajstić information content (AvgIpc) is 3.02. The number of allylic oxidation sites excluding steroid dienone is 2. The van der Waals surface area contributed by atoms with Gasteiger partial charge in [-0.3, -0.25) is 13.8 Å². The van der Waals surface area contributed by atoms with E-state index in [4.69, 9.17) is 9.05 Å². The summed E-state index contributed by atoms with van der Waals surface area (Å²) in [5, 5.41) is 13.6. The fourth-order valence-electron chi connectivity index (χ4n) is 5.74. The van der Waals surface area contributed by atoms with Crippen LogP contribution in [0, 0.1) is 0 Å². The Labute approximate surface area is 297 Å². The second-order valence-electron chi connectivity index (χ2n) is 15.0. The molecule has 0 spiro atoms. The van der Waals surface area contributed by atoms with Gasteiger partial charge in [0.25, 0.3) is 0 Å². The number of quaternary nitrogens is 1. The Morgan fingerprint density at radius 1 is 0.688 bits per heavy atom.